The Labute approximate surface area is 403 Å². The Kier molecular flexibility index (Phi) is 26.4. The van der Waals surface area contributed by atoms with E-state index in [2.05, 4.69) is 243 Å². The maximum Gasteiger partial charge on any atom is 1.00 e. The summed E-state index contributed by atoms with van der Waals surface area (Å²) in [5, 5.41) is 4.89. The van der Waals surface area contributed by atoms with Crippen molar-refractivity contribution < 1.29 is 52.8 Å². The minimum absolute atomic E-state index is 0. The molecule has 1 aliphatic rings. The molecule has 0 saturated heterocycles. The first-order chi connectivity index (χ1) is 22.5. The third-order valence-electron chi connectivity index (χ3n) is 14.1. The molecular weight excluding hydrogens is 950 g/mol. The fourth-order valence-electron chi connectivity index (χ4n) is 6.06. The number of hydrogen-bond acceptors (Lipinski definition) is 0. The molecular formula is C43H91I2KN2Si4. The first kappa shape index (κ1) is 58.8. The maximum atomic E-state index is 3.48. The van der Waals surface area contributed by atoms with Crippen LogP contribution in [0.15, 0.2) is 24.3 Å². The summed E-state index contributed by atoms with van der Waals surface area (Å²) in [6, 6.07) is 8.87. The molecule has 1 fully saturated rings. The molecule has 2 aromatic heterocycles. The average molecular weight is 1040 g/mol. The zero-order valence-electron chi connectivity index (χ0n) is 40.8. The molecule has 1 saturated carbocycles. The van der Waals surface area contributed by atoms with Gasteiger partial charge in [-0.3, -0.25) is 0 Å². The number of aromatic amines is 2. The zero-order valence-corrected chi connectivity index (χ0v) is 51.2. The van der Waals surface area contributed by atoms with E-state index in [1.54, 1.807) is 6.42 Å². The summed E-state index contributed by atoms with van der Waals surface area (Å²) in [5.74, 6) is 0. The number of H-pyrrole nitrogens is 2. The molecule has 0 bridgehead atoms. The summed E-state index contributed by atoms with van der Waals surface area (Å²) in [7, 11) is -4.89. The molecule has 2 nitrogen and oxygen atoms in total. The summed E-state index contributed by atoms with van der Waals surface area (Å²) in [4.78, 5) is 6.97. The first-order valence-electron chi connectivity index (χ1n) is 20.0. The molecule has 3 rings (SSSR count). The smallest absolute Gasteiger partial charge is 1.00 e. The minimum Gasteiger partial charge on any atom is -1.00 e. The Morgan fingerprint density at radius 2 is 0.788 bits per heavy atom. The number of aryl methyl sites for hydroxylation is 2. The number of aromatic nitrogens is 2. The van der Waals surface area contributed by atoms with Gasteiger partial charge in [0.05, 0.1) is 18.6 Å². The van der Waals surface area contributed by atoms with Gasteiger partial charge in [0.25, 0.3) is 0 Å². The fraction of sp³-hybridized carbons (Fsp3) is 0.814. The van der Waals surface area contributed by atoms with Crippen molar-refractivity contribution in [3.8, 4) is 0 Å². The maximum absolute atomic E-state index is 3.48. The molecule has 2 unspecified atom stereocenters. The van der Waals surface area contributed by atoms with Crippen molar-refractivity contribution in [3.63, 3.8) is 0 Å². The monoisotopic (exact) mass is 1040 g/mol. The molecule has 0 radical (unpaired) electrons. The van der Waals surface area contributed by atoms with E-state index < -0.39 is 32.3 Å². The summed E-state index contributed by atoms with van der Waals surface area (Å²) in [5.41, 5.74) is 4.68. The quantitative estimate of drug-likeness (QED) is 0.174. The summed E-state index contributed by atoms with van der Waals surface area (Å²) < 4.78 is 1.19. The molecule has 52 heavy (non-hydrogen) atoms. The van der Waals surface area contributed by atoms with Gasteiger partial charge in [0.15, 0.2) is 0 Å². The number of rotatable bonds is 4. The SMILES string of the molecule is CC(C)(C)[Si](C)(C)C1CCC([Si](C)(C)C(C)(C)C)C1.CCC.Cc1ccc([Si](C)(C)C(C)(C)C)[nH]1.Cc1ccc([Si](C)(C)C(C)(C)C)[nH]1.ICI.[H-].[K+]. The second-order valence-corrected chi connectivity index (χ2v) is 48.4. The van der Waals surface area contributed by atoms with E-state index in [1.165, 1.54) is 43.7 Å². The van der Waals surface area contributed by atoms with Gasteiger partial charge in [0.2, 0.25) is 0 Å². The number of hydrogen-bond donors (Lipinski definition) is 2. The number of alkyl halides is 2. The summed E-state index contributed by atoms with van der Waals surface area (Å²) >= 11 is 4.55. The Morgan fingerprint density at radius 1 is 0.558 bits per heavy atom. The molecule has 0 spiro atoms. The van der Waals surface area contributed by atoms with Crippen molar-refractivity contribution in [1.29, 1.82) is 0 Å². The van der Waals surface area contributed by atoms with Gasteiger partial charge in [-0.15, -0.1) is 0 Å². The van der Waals surface area contributed by atoms with E-state index >= 15 is 0 Å². The molecule has 304 valence electrons. The Morgan fingerprint density at radius 3 is 0.942 bits per heavy atom. The van der Waals surface area contributed by atoms with E-state index in [9.17, 15) is 0 Å². The van der Waals surface area contributed by atoms with Gasteiger partial charge < -0.3 is 11.4 Å². The summed E-state index contributed by atoms with van der Waals surface area (Å²) in [6.45, 7) is 57.8. The molecule has 2 aromatic rings. The van der Waals surface area contributed by atoms with E-state index in [-0.39, 0.29) is 52.8 Å². The molecule has 2 heterocycles. The second-order valence-electron chi connectivity index (χ2n) is 21.8. The number of halogens is 2. The largest absolute Gasteiger partial charge is 1.00 e. The van der Waals surface area contributed by atoms with Gasteiger partial charge >= 0.3 is 51.4 Å². The number of nitrogens with one attached hydrogen (secondary N) is 2. The van der Waals surface area contributed by atoms with Gasteiger partial charge in [0, 0.05) is 11.4 Å². The van der Waals surface area contributed by atoms with Crippen LogP contribution in [0.5, 0.6) is 0 Å². The van der Waals surface area contributed by atoms with Gasteiger partial charge in [-0.2, -0.15) is 0 Å². The van der Waals surface area contributed by atoms with Crippen molar-refractivity contribution in [1.82, 2.24) is 9.97 Å². The van der Waals surface area contributed by atoms with E-state index in [1.807, 2.05) is 0 Å². The van der Waals surface area contributed by atoms with Gasteiger partial charge in [-0.05, 0) is 80.0 Å². The van der Waals surface area contributed by atoms with Crippen LogP contribution in [0.2, 0.25) is 83.6 Å². The van der Waals surface area contributed by atoms with Gasteiger partial charge in [-0.25, -0.2) is 0 Å². The van der Waals surface area contributed by atoms with Crippen LogP contribution in [0.25, 0.3) is 0 Å². The van der Waals surface area contributed by atoms with Crippen LogP contribution in [0, 0.1) is 13.8 Å². The molecule has 2 N–H and O–H groups in total. The van der Waals surface area contributed by atoms with E-state index in [4.69, 9.17) is 0 Å². The van der Waals surface area contributed by atoms with Gasteiger partial charge in [-0.1, -0.05) is 220 Å². The van der Waals surface area contributed by atoms with E-state index in [0.29, 0.717) is 20.2 Å². The van der Waals surface area contributed by atoms with Crippen LogP contribution < -0.4 is 62.0 Å². The van der Waals surface area contributed by atoms with Crippen LogP contribution in [-0.4, -0.2) is 44.7 Å². The predicted molar refractivity (Wildman–Crippen MR) is 270 cm³/mol. The van der Waals surface area contributed by atoms with Gasteiger partial charge in [0.1, 0.15) is 16.1 Å². The van der Waals surface area contributed by atoms with Crippen molar-refractivity contribution in [3.05, 3.63) is 35.7 Å². The van der Waals surface area contributed by atoms with Crippen molar-refractivity contribution in [2.45, 2.75) is 220 Å². The Hall–Kier alpha value is 2.52. The normalized spacial score (nSPS) is 17.2. The molecule has 0 amide bonds. The fourth-order valence-corrected chi connectivity index (χ4v) is 15.9. The third kappa shape index (κ3) is 17.4. The van der Waals surface area contributed by atoms with Crippen LogP contribution >= 0.6 is 45.2 Å². The molecule has 1 aliphatic carbocycles. The Balaban J connectivity index is -0.000000316. The topological polar surface area (TPSA) is 31.6 Å². The van der Waals surface area contributed by atoms with Crippen molar-refractivity contribution in [2.24, 2.45) is 0 Å². The Bertz CT molecular complexity index is 1160. The minimum atomic E-state index is -1.32. The van der Waals surface area contributed by atoms with Crippen molar-refractivity contribution in [2.75, 3.05) is 2.43 Å². The van der Waals surface area contributed by atoms with Crippen LogP contribution in [0.3, 0.4) is 0 Å². The predicted octanol–water partition coefficient (Wildman–Crippen LogP) is 13.4. The molecule has 2 atom stereocenters. The van der Waals surface area contributed by atoms with Crippen LogP contribution in [0.4, 0.5) is 0 Å². The summed E-state index contributed by atoms with van der Waals surface area (Å²) in [6.07, 6.45) is 5.84. The molecule has 0 aromatic carbocycles. The molecule has 9 heteroatoms. The van der Waals surface area contributed by atoms with E-state index in [0.717, 1.165) is 11.1 Å². The third-order valence-corrected chi connectivity index (χ3v) is 37.7. The standard InChI is InChI=1S/C17H38Si2.2C11H21NSi.C3H8.CH2I2.K.H/c1-16(2,3)18(7,8)14-11-12-15(13-14)19(9,10)17(4,5)6;2*1-9-7-8-10(12-9)13(5,6)11(2,3)4;1-3-2;2-1-3;;/h14-15H,11-13H2,1-10H3;2*7-8,12H,1-6H3;3H2,1-2H3;1H2;;/q;;;;;+1;-1. The second kappa shape index (κ2) is 23.3. The van der Waals surface area contributed by atoms with Crippen molar-refractivity contribution >= 4 is 88.1 Å². The van der Waals surface area contributed by atoms with Crippen LogP contribution in [-0.2, 0) is 0 Å². The molecule has 0 aliphatic heterocycles. The van der Waals surface area contributed by atoms with Crippen LogP contribution in [0.1, 0.15) is 135 Å². The average Bonchev–Trinajstić information content (AvgIpc) is 3.69. The first-order valence-corrected chi connectivity index (χ1v) is 35.2. The zero-order chi connectivity index (χ0) is 41.2.